The van der Waals surface area contributed by atoms with E-state index in [1.807, 2.05) is 0 Å². The molecule has 0 aromatic carbocycles. The molecule has 1 rings (SSSR count). The Balaban J connectivity index is 3.07. The van der Waals surface area contributed by atoms with Crippen LogP contribution in [0.2, 0.25) is 0 Å². The molecule has 0 unspecified atom stereocenters. The fourth-order valence-corrected chi connectivity index (χ4v) is 1.03. The Morgan fingerprint density at radius 1 is 1.57 bits per heavy atom. The van der Waals surface area contributed by atoms with E-state index in [1.165, 1.54) is 23.6 Å². The number of nitrogens with two attached hydrogens (primary N) is 3. The van der Waals surface area contributed by atoms with Crippen molar-refractivity contribution in [1.82, 2.24) is 4.98 Å². The quantitative estimate of drug-likeness (QED) is 0.392. The summed E-state index contributed by atoms with van der Waals surface area (Å²) < 4.78 is 0. The second-order valence-corrected chi connectivity index (χ2v) is 2.64. The molecule has 0 aliphatic carbocycles. The van der Waals surface area contributed by atoms with Crippen molar-refractivity contribution in [2.45, 2.75) is 0 Å². The maximum atomic E-state index is 5.66. The molecule has 0 aliphatic rings. The zero-order valence-corrected chi connectivity index (χ0v) is 7.94. The second-order valence-electron chi connectivity index (χ2n) is 2.64. The average Bonchev–Trinajstić information content (AvgIpc) is 2.17. The summed E-state index contributed by atoms with van der Waals surface area (Å²) in [5.74, 6) is 6.21. The summed E-state index contributed by atoms with van der Waals surface area (Å²) in [5.41, 5.74) is 12.1. The highest BCUT2D eigenvalue weighted by Crippen LogP contribution is 2.22. The van der Waals surface area contributed by atoms with E-state index >= 15 is 0 Å². The van der Waals surface area contributed by atoms with Gasteiger partial charge in [0.15, 0.2) is 5.82 Å². The van der Waals surface area contributed by atoms with Gasteiger partial charge < -0.3 is 16.8 Å². The van der Waals surface area contributed by atoms with Gasteiger partial charge in [-0.25, -0.2) is 10.8 Å². The van der Waals surface area contributed by atoms with Gasteiger partial charge in [-0.15, -0.1) is 0 Å². The fourth-order valence-electron chi connectivity index (χ4n) is 1.03. The van der Waals surface area contributed by atoms with Crippen molar-refractivity contribution >= 4 is 17.2 Å². The number of anilines is 3. The van der Waals surface area contributed by atoms with E-state index in [0.717, 1.165) is 5.69 Å². The molecule has 0 atom stereocenters. The monoisotopic (exact) mass is 194 g/mol. The fraction of sp³-hybridized carbons (Fsp3) is 0.125. The van der Waals surface area contributed by atoms with Crippen LogP contribution in [0.1, 0.15) is 0 Å². The lowest BCUT2D eigenvalue weighted by Gasteiger charge is -2.16. The van der Waals surface area contributed by atoms with Crippen molar-refractivity contribution < 1.29 is 0 Å². The third kappa shape index (κ3) is 2.05. The van der Waals surface area contributed by atoms with Crippen LogP contribution in [0.5, 0.6) is 0 Å². The minimum Gasteiger partial charge on any atom is -0.403 e. The second kappa shape index (κ2) is 4.33. The third-order valence-electron chi connectivity index (χ3n) is 1.65. The lowest BCUT2D eigenvalue weighted by atomic mass is 10.3. The van der Waals surface area contributed by atoms with Gasteiger partial charge in [-0.2, -0.15) is 0 Å². The Morgan fingerprint density at radius 3 is 2.86 bits per heavy atom. The molecule has 0 radical (unpaired) electrons. The molecule has 6 heteroatoms. The van der Waals surface area contributed by atoms with E-state index in [2.05, 4.69) is 10.3 Å². The molecule has 0 saturated carbocycles. The van der Waals surface area contributed by atoms with Crippen LogP contribution in [-0.4, -0.2) is 12.0 Å². The Labute approximate surface area is 82.4 Å². The first-order valence-electron chi connectivity index (χ1n) is 4.04. The van der Waals surface area contributed by atoms with Gasteiger partial charge in [0, 0.05) is 19.4 Å². The number of hydrazine groups is 1. The molecule has 0 amide bonds. The molecule has 7 N–H and O–H groups in total. The van der Waals surface area contributed by atoms with Crippen LogP contribution in [-0.2, 0) is 0 Å². The number of rotatable bonds is 3. The first kappa shape index (κ1) is 10.1. The summed E-state index contributed by atoms with van der Waals surface area (Å²) in [5, 5.41) is 4.25. The van der Waals surface area contributed by atoms with Crippen molar-refractivity contribution in [2.24, 2.45) is 11.6 Å². The Kier molecular flexibility index (Phi) is 3.14. The van der Waals surface area contributed by atoms with Crippen LogP contribution in [0, 0.1) is 0 Å². The summed E-state index contributed by atoms with van der Waals surface area (Å²) in [4.78, 5) is 4.07. The Morgan fingerprint density at radius 2 is 2.29 bits per heavy atom. The molecule has 76 valence electrons. The number of nitrogens with one attached hydrogen (secondary N) is 1. The molecule has 6 nitrogen and oxygen atoms in total. The van der Waals surface area contributed by atoms with Crippen LogP contribution in [0.25, 0.3) is 0 Å². The maximum Gasteiger partial charge on any atom is 0.170 e. The first-order valence-corrected chi connectivity index (χ1v) is 4.04. The van der Waals surface area contributed by atoms with Crippen molar-refractivity contribution in [3.05, 3.63) is 24.7 Å². The van der Waals surface area contributed by atoms with Crippen LogP contribution in [0.4, 0.5) is 17.2 Å². The number of aromatic nitrogens is 1. The minimum absolute atomic E-state index is 0.559. The maximum absolute atomic E-state index is 5.66. The van der Waals surface area contributed by atoms with Crippen LogP contribution in [0.15, 0.2) is 24.7 Å². The third-order valence-corrected chi connectivity index (χ3v) is 1.65. The van der Waals surface area contributed by atoms with Crippen molar-refractivity contribution in [1.29, 1.82) is 0 Å². The highest BCUT2D eigenvalue weighted by molar-refractivity contribution is 5.69. The summed E-state index contributed by atoms with van der Waals surface area (Å²) >= 11 is 0. The van der Waals surface area contributed by atoms with E-state index in [0.29, 0.717) is 11.5 Å². The zero-order valence-electron chi connectivity index (χ0n) is 7.94. The van der Waals surface area contributed by atoms with E-state index in [-0.39, 0.29) is 0 Å². The molecule has 1 heterocycles. The standard InChI is InChI=1S/C8H14N6/c1-12-7-4-6(10)5-13-8(7)14(11)3-2-9/h2-5,12H,9-11H2,1H3/b3-2-. The van der Waals surface area contributed by atoms with E-state index < -0.39 is 0 Å². The van der Waals surface area contributed by atoms with Gasteiger partial charge >= 0.3 is 0 Å². The Hall–Kier alpha value is -1.95. The van der Waals surface area contributed by atoms with E-state index in [9.17, 15) is 0 Å². The summed E-state index contributed by atoms with van der Waals surface area (Å²) in [6.45, 7) is 0. The van der Waals surface area contributed by atoms with Crippen molar-refractivity contribution in [3.63, 3.8) is 0 Å². The normalized spacial score (nSPS) is 10.4. The van der Waals surface area contributed by atoms with Crippen molar-refractivity contribution in [2.75, 3.05) is 23.1 Å². The summed E-state index contributed by atoms with van der Waals surface area (Å²) in [6.07, 6.45) is 4.36. The largest absolute Gasteiger partial charge is 0.403 e. The molecule has 14 heavy (non-hydrogen) atoms. The average molecular weight is 194 g/mol. The van der Waals surface area contributed by atoms with Gasteiger partial charge in [-0.3, -0.25) is 5.01 Å². The number of nitrogens with zero attached hydrogens (tertiary/aromatic N) is 2. The molecular formula is C8H14N6. The van der Waals surface area contributed by atoms with Gasteiger partial charge in [0.2, 0.25) is 0 Å². The van der Waals surface area contributed by atoms with Gasteiger partial charge in [-0.05, 0) is 6.07 Å². The predicted molar refractivity (Wildman–Crippen MR) is 58.2 cm³/mol. The molecule has 0 spiro atoms. The topological polar surface area (TPSA) is 106 Å². The smallest absolute Gasteiger partial charge is 0.170 e. The van der Waals surface area contributed by atoms with Gasteiger partial charge in [-0.1, -0.05) is 0 Å². The molecule has 1 aromatic rings. The lowest BCUT2D eigenvalue weighted by Crippen LogP contribution is -2.26. The molecule has 0 fully saturated rings. The number of nitrogen functional groups attached to an aromatic ring is 1. The molecule has 0 saturated heterocycles. The van der Waals surface area contributed by atoms with Crippen LogP contribution in [0.3, 0.4) is 0 Å². The van der Waals surface area contributed by atoms with Gasteiger partial charge in [0.1, 0.15) is 0 Å². The van der Waals surface area contributed by atoms with Gasteiger partial charge in [0.25, 0.3) is 0 Å². The number of hydrogen-bond donors (Lipinski definition) is 4. The highest BCUT2D eigenvalue weighted by atomic mass is 15.4. The van der Waals surface area contributed by atoms with Crippen LogP contribution < -0.4 is 27.6 Å². The van der Waals surface area contributed by atoms with E-state index in [1.54, 1.807) is 13.1 Å². The van der Waals surface area contributed by atoms with Gasteiger partial charge in [0.05, 0.1) is 17.6 Å². The van der Waals surface area contributed by atoms with E-state index in [4.69, 9.17) is 17.3 Å². The highest BCUT2D eigenvalue weighted by Gasteiger charge is 2.06. The van der Waals surface area contributed by atoms with Crippen molar-refractivity contribution in [3.8, 4) is 0 Å². The lowest BCUT2D eigenvalue weighted by molar-refractivity contribution is 1.03. The molecule has 1 aromatic heterocycles. The van der Waals surface area contributed by atoms with Crippen LogP contribution >= 0.6 is 0 Å². The Bertz CT molecular complexity index is 335. The predicted octanol–water partition coefficient (Wildman–Crippen LogP) is -0.184. The SMILES string of the molecule is CNc1cc(N)cnc1N(N)/C=C\N. The molecule has 0 bridgehead atoms. The zero-order chi connectivity index (χ0) is 10.6. The number of pyridine rings is 1. The summed E-state index contributed by atoms with van der Waals surface area (Å²) in [6, 6.07) is 1.74. The minimum atomic E-state index is 0.559. The molecular weight excluding hydrogens is 180 g/mol. The number of hydrogen-bond acceptors (Lipinski definition) is 6. The summed E-state index contributed by atoms with van der Waals surface area (Å²) in [7, 11) is 1.76. The first-order chi connectivity index (χ1) is 6.69. The molecule has 0 aliphatic heterocycles.